The zero-order valence-electron chi connectivity index (χ0n) is 11.3. The Balaban J connectivity index is 2.14. The molecule has 7 heteroatoms. The molecule has 21 heavy (non-hydrogen) atoms. The highest BCUT2D eigenvalue weighted by Gasteiger charge is 2.31. The van der Waals surface area contributed by atoms with Gasteiger partial charge < -0.3 is 10.6 Å². The second-order valence-electron chi connectivity index (χ2n) is 5.06. The van der Waals surface area contributed by atoms with Crippen molar-refractivity contribution in [3.8, 4) is 0 Å². The van der Waals surface area contributed by atoms with Crippen LogP contribution in [0.1, 0.15) is 35.2 Å². The highest BCUT2D eigenvalue weighted by molar-refractivity contribution is 9.10. The molecular formula is C14H16BrF3N2O. The number of halogens is 4. The molecule has 3 nitrogen and oxygen atoms in total. The third-order valence-corrected chi connectivity index (χ3v) is 4.11. The molecule has 0 radical (unpaired) electrons. The molecule has 1 aliphatic heterocycles. The molecule has 1 amide bonds. The van der Waals surface area contributed by atoms with Gasteiger partial charge in [-0.25, -0.2) is 0 Å². The van der Waals surface area contributed by atoms with E-state index < -0.39 is 17.6 Å². The lowest BCUT2D eigenvalue weighted by molar-refractivity contribution is -0.137. The van der Waals surface area contributed by atoms with Crippen LogP contribution in [0, 0.1) is 0 Å². The molecule has 2 N–H and O–H groups in total. The average molecular weight is 365 g/mol. The molecular weight excluding hydrogens is 349 g/mol. The number of rotatable bonds is 2. The number of alkyl halides is 3. The van der Waals surface area contributed by atoms with Gasteiger partial charge in [-0.05, 0) is 53.5 Å². The normalized spacial score (nSPS) is 19.9. The SMILES string of the molecule is O=C(NC1CCCCNC1)c1cc(C(F)(F)F)ccc1Br. The Labute approximate surface area is 129 Å². The van der Waals surface area contributed by atoms with Crippen molar-refractivity contribution in [3.05, 3.63) is 33.8 Å². The number of hydrogen-bond donors (Lipinski definition) is 2. The molecule has 0 saturated carbocycles. The van der Waals surface area contributed by atoms with Gasteiger partial charge in [0.25, 0.3) is 5.91 Å². The topological polar surface area (TPSA) is 41.1 Å². The van der Waals surface area contributed by atoms with Gasteiger partial charge in [0, 0.05) is 17.1 Å². The number of carbonyl (C=O) groups excluding carboxylic acids is 1. The Bertz CT molecular complexity index is 511. The summed E-state index contributed by atoms with van der Waals surface area (Å²) in [7, 11) is 0. The lowest BCUT2D eigenvalue weighted by atomic mass is 10.1. The summed E-state index contributed by atoms with van der Waals surface area (Å²) in [4.78, 5) is 12.2. The van der Waals surface area contributed by atoms with Crippen LogP contribution in [0.2, 0.25) is 0 Å². The number of hydrogen-bond acceptors (Lipinski definition) is 2. The first-order valence-corrected chi connectivity index (χ1v) is 7.55. The van der Waals surface area contributed by atoms with Gasteiger partial charge in [-0.3, -0.25) is 4.79 Å². The van der Waals surface area contributed by atoms with Gasteiger partial charge >= 0.3 is 6.18 Å². The molecule has 1 aromatic carbocycles. The quantitative estimate of drug-likeness (QED) is 0.844. The van der Waals surface area contributed by atoms with Crippen molar-refractivity contribution in [2.24, 2.45) is 0 Å². The van der Waals surface area contributed by atoms with E-state index in [1.807, 2.05) is 0 Å². The lowest BCUT2D eigenvalue weighted by Gasteiger charge is -2.17. The molecule has 2 rings (SSSR count). The fraction of sp³-hybridized carbons (Fsp3) is 0.500. The number of nitrogens with one attached hydrogen (secondary N) is 2. The number of amides is 1. The summed E-state index contributed by atoms with van der Waals surface area (Å²) in [6, 6.07) is 3.03. The van der Waals surface area contributed by atoms with E-state index in [9.17, 15) is 18.0 Å². The van der Waals surface area contributed by atoms with Gasteiger partial charge in [0.05, 0.1) is 11.1 Å². The van der Waals surface area contributed by atoms with Gasteiger partial charge in [0.2, 0.25) is 0 Å². The fourth-order valence-corrected chi connectivity index (χ4v) is 2.71. The van der Waals surface area contributed by atoms with Gasteiger partial charge in [0.15, 0.2) is 0 Å². The molecule has 1 unspecified atom stereocenters. The average Bonchev–Trinajstić information content (AvgIpc) is 2.66. The maximum Gasteiger partial charge on any atom is 0.416 e. The molecule has 1 atom stereocenters. The number of benzene rings is 1. The van der Waals surface area contributed by atoms with Gasteiger partial charge in [-0.15, -0.1) is 0 Å². The van der Waals surface area contributed by atoms with Gasteiger partial charge in [-0.1, -0.05) is 6.42 Å². The Morgan fingerprint density at radius 1 is 1.33 bits per heavy atom. The van der Waals surface area contributed by atoms with Crippen LogP contribution in [-0.2, 0) is 6.18 Å². The summed E-state index contributed by atoms with van der Waals surface area (Å²) in [6.45, 7) is 1.54. The van der Waals surface area contributed by atoms with Crippen molar-refractivity contribution >= 4 is 21.8 Å². The zero-order valence-corrected chi connectivity index (χ0v) is 12.9. The molecule has 1 saturated heterocycles. The second-order valence-corrected chi connectivity index (χ2v) is 5.92. The Morgan fingerprint density at radius 3 is 2.81 bits per heavy atom. The second kappa shape index (κ2) is 6.79. The zero-order chi connectivity index (χ0) is 15.5. The van der Waals surface area contributed by atoms with Crippen LogP contribution in [0.25, 0.3) is 0 Å². The minimum Gasteiger partial charge on any atom is -0.348 e. The maximum absolute atomic E-state index is 12.7. The Morgan fingerprint density at radius 2 is 2.10 bits per heavy atom. The van der Waals surface area contributed by atoms with Crippen molar-refractivity contribution in [2.75, 3.05) is 13.1 Å². The van der Waals surface area contributed by atoms with Crippen LogP contribution < -0.4 is 10.6 Å². The van der Waals surface area contributed by atoms with Crippen LogP contribution in [0.4, 0.5) is 13.2 Å². The molecule has 0 spiro atoms. The van der Waals surface area contributed by atoms with Crippen LogP contribution in [-0.4, -0.2) is 25.0 Å². The third kappa shape index (κ3) is 4.44. The van der Waals surface area contributed by atoms with Crippen molar-refractivity contribution in [3.63, 3.8) is 0 Å². The summed E-state index contributed by atoms with van der Waals surface area (Å²) < 4.78 is 38.5. The van der Waals surface area contributed by atoms with E-state index >= 15 is 0 Å². The van der Waals surface area contributed by atoms with E-state index in [0.717, 1.165) is 37.9 Å². The number of carbonyl (C=O) groups is 1. The monoisotopic (exact) mass is 364 g/mol. The predicted octanol–water partition coefficient (Wildman–Crippen LogP) is 3.34. The van der Waals surface area contributed by atoms with Crippen molar-refractivity contribution in [2.45, 2.75) is 31.5 Å². The highest BCUT2D eigenvalue weighted by atomic mass is 79.9. The third-order valence-electron chi connectivity index (χ3n) is 3.42. The molecule has 1 aliphatic rings. The van der Waals surface area contributed by atoms with E-state index in [-0.39, 0.29) is 11.6 Å². The van der Waals surface area contributed by atoms with E-state index in [2.05, 4.69) is 26.6 Å². The van der Waals surface area contributed by atoms with E-state index in [0.29, 0.717) is 11.0 Å². The first-order chi connectivity index (χ1) is 9.88. The van der Waals surface area contributed by atoms with E-state index in [4.69, 9.17) is 0 Å². The minimum atomic E-state index is -4.46. The first kappa shape index (κ1) is 16.3. The van der Waals surface area contributed by atoms with Gasteiger partial charge in [-0.2, -0.15) is 13.2 Å². The van der Waals surface area contributed by atoms with E-state index in [1.54, 1.807) is 0 Å². The highest BCUT2D eigenvalue weighted by Crippen LogP contribution is 2.31. The summed E-state index contributed by atoms with van der Waals surface area (Å²) in [5, 5.41) is 5.99. The maximum atomic E-state index is 12.7. The van der Waals surface area contributed by atoms with Crippen LogP contribution in [0.15, 0.2) is 22.7 Å². The van der Waals surface area contributed by atoms with Crippen molar-refractivity contribution < 1.29 is 18.0 Å². The smallest absolute Gasteiger partial charge is 0.348 e. The first-order valence-electron chi connectivity index (χ1n) is 6.76. The summed E-state index contributed by atoms with van der Waals surface area (Å²) >= 11 is 3.13. The van der Waals surface area contributed by atoms with Crippen molar-refractivity contribution in [1.82, 2.24) is 10.6 Å². The fourth-order valence-electron chi connectivity index (χ4n) is 2.28. The summed E-state index contributed by atoms with van der Waals surface area (Å²) in [6.07, 6.45) is -1.60. The molecule has 0 aliphatic carbocycles. The van der Waals surface area contributed by atoms with Crippen LogP contribution in [0.5, 0.6) is 0 Å². The standard InChI is InChI=1S/C14H16BrF3N2O/c15-12-5-4-9(14(16,17)18)7-11(12)13(21)20-10-3-1-2-6-19-8-10/h4-5,7,10,19H,1-3,6,8H2,(H,20,21). The molecule has 116 valence electrons. The van der Waals surface area contributed by atoms with Crippen LogP contribution in [0.3, 0.4) is 0 Å². The van der Waals surface area contributed by atoms with Crippen molar-refractivity contribution in [1.29, 1.82) is 0 Å². The Hall–Kier alpha value is -1.08. The van der Waals surface area contributed by atoms with Gasteiger partial charge in [0.1, 0.15) is 0 Å². The molecule has 0 bridgehead atoms. The summed E-state index contributed by atoms with van der Waals surface area (Å²) in [5.74, 6) is -0.485. The summed E-state index contributed by atoms with van der Waals surface area (Å²) in [5.41, 5.74) is -0.816. The van der Waals surface area contributed by atoms with E-state index in [1.165, 1.54) is 6.07 Å². The van der Waals surface area contributed by atoms with Crippen LogP contribution >= 0.6 is 15.9 Å². The predicted molar refractivity (Wildman–Crippen MR) is 77.1 cm³/mol. The minimum absolute atomic E-state index is 0.00840. The largest absolute Gasteiger partial charge is 0.416 e. The molecule has 0 aromatic heterocycles. The molecule has 1 fully saturated rings. The molecule has 1 heterocycles. The molecule has 1 aromatic rings. The Kier molecular flexibility index (Phi) is 5.27. The lowest BCUT2D eigenvalue weighted by Crippen LogP contribution is -2.41.